The number of pyridine rings is 1. The number of carbonyl (C=O) groups is 1. The third-order valence-corrected chi connectivity index (χ3v) is 2.88. The number of aryl methyl sites for hydroxylation is 1. The van der Waals surface area contributed by atoms with Gasteiger partial charge in [-0.25, -0.2) is 4.98 Å². The summed E-state index contributed by atoms with van der Waals surface area (Å²) in [5.74, 6) is -0.788. The van der Waals surface area contributed by atoms with Crippen LogP contribution in [0.3, 0.4) is 0 Å². The van der Waals surface area contributed by atoms with Crippen LogP contribution in [-0.2, 0) is 0 Å². The Bertz CT molecular complexity index is 778. The monoisotopic (exact) mass is 270 g/mol. The number of benzene rings is 1. The molecule has 5 heteroatoms. The number of nitrogens with one attached hydrogen (secondary N) is 1. The molecule has 3 aromatic rings. The number of furan rings is 1. The molecule has 0 bridgehead atoms. The first-order valence-electron chi connectivity index (χ1n) is 6.05. The number of hydrogen-bond donors (Lipinski definition) is 1. The van der Waals surface area contributed by atoms with Crippen LogP contribution in [0.4, 0.5) is 10.1 Å². The van der Waals surface area contributed by atoms with E-state index in [-0.39, 0.29) is 5.76 Å². The summed E-state index contributed by atoms with van der Waals surface area (Å²) in [4.78, 5) is 15.5. The number of aromatic nitrogens is 1. The largest absolute Gasteiger partial charge is 0.451 e. The van der Waals surface area contributed by atoms with Crippen LogP contribution in [0, 0.1) is 12.9 Å². The number of amides is 1. The van der Waals surface area contributed by atoms with E-state index >= 15 is 0 Å². The van der Waals surface area contributed by atoms with Crippen molar-refractivity contribution in [3.05, 3.63) is 59.9 Å². The average Bonchev–Trinajstić information content (AvgIpc) is 2.84. The lowest BCUT2D eigenvalue weighted by atomic mass is 10.2. The van der Waals surface area contributed by atoms with Crippen LogP contribution in [0.15, 0.2) is 47.0 Å². The molecule has 2 heterocycles. The molecule has 0 saturated carbocycles. The minimum absolute atomic E-state index is 0.204. The molecule has 0 aliphatic carbocycles. The first-order chi connectivity index (χ1) is 9.61. The predicted molar refractivity (Wildman–Crippen MR) is 73.1 cm³/mol. The molecular weight excluding hydrogens is 259 g/mol. The summed E-state index contributed by atoms with van der Waals surface area (Å²) >= 11 is 0. The van der Waals surface area contributed by atoms with Gasteiger partial charge in [0.05, 0.1) is 11.9 Å². The summed E-state index contributed by atoms with van der Waals surface area (Å²) in [6.07, 6.45) is 1.25. The molecule has 0 radical (unpaired) electrons. The maximum absolute atomic E-state index is 12.7. The summed E-state index contributed by atoms with van der Waals surface area (Å²) in [6.45, 7) is 1.97. The lowest BCUT2D eigenvalue weighted by molar-refractivity contribution is 0.0998. The Labute approximate surface area is 114 Å². The smallest absolute Gasteiger partial charge is 0.291 e. The number of halogens is 1. The molecule has 0 atom stereocenters. The van der Waals surface area contributed by atoms with E-state index in [4.69, 9.17) is 4.42 Å². The van der Waals surface area contributed by atoms with Crippen molar-refractivity contribution in [2.24, 2.45) is 0 Å². The Balaban J connectivity index is 1.86. The maximum Gasteiger partial charge on any atom is 0.291 e. The van der Waals surface area contributed by atoms with Crippen LogP contribution in [-0.4, -0.2) is 10.9 Å². The molecule has 1 N–H and O–H groups in total. The standard InChI is InChI=1S/C15H11FN2O2/c1-9-2-4-12-10(6-9)7-13(20-12)15(19)18-11-3-5-14(16)17-8-11/h2-8H,1H3,(H,18,19). The zero-order valence-electron chi connectivity index (χ0n) is 10.7. The topological polar surface area (TPSA) is 55.1 Å². The van der Waals surface area contributed by atoms with Crippen LogP contribution in [0.2, 0.25) is 0 Å². The predicted octanol–water partition coefficient (Wildman–Crippen LogP) is 3.53. The molecule has 3 rings (SSSR count). The summed E-state index contributed by atoms with van der Waals surface area (Å²) in [7, 11) is 0. The fourth-order valence-electron chi connectivity index (χ4n) is 1.92. The van der Waals surface area contributed by atoms with E-state index in [0.717, 1.165) is 10.9 Å². The second kappa shape index (κ2) is 4.77. The zero-order chi connectivity index (χ0) is 14.1. The van der Waals surface area contributed by atoms with Gasteiger partial charge < -0.3 is 9.73 Å². The van der Waals surface area contributed by atoms with Gasteiger partial charge in [0.1, 0.15) is 5.58 Å². The minimum atomic E-state index is -0.595. The van der Waals surface area contributed by atoms with Crippen molar-refractivity contribution < 1.29 is 13.6 Å². The summed E-state index contributed by atoms with van der Waals surface area (Å²) in [5, 5.41) is 3.47. The van der Waals surface area contributed by atoms with Gasteiger partial charge in [-0.3, -0.25) is 4.79 Å². The Kier molecular flexibility index (Phi) is 2.95. The van der Waals surface area contributed by atoms with E-state index in [1.54, 1.807) is 6.07 Å². The maximum atomic E-state index is 12.7. The number of fused-ring (bicyclic) bond motifs is 1. The lowest BCUT2D eigenvalue weighted by Crippen LogP contribution is -2.11. The second-order valence-electron chi connectivity index (χ2n) is 4.48. The first-order valence-corrected chi connectivity index (χ1v) is 6.05. The molecule has 0 unspecified atom stereocenters. The first kappa shape index (κ1) is 12.3. The van der Waals surface area contributed by atoms with Crippen molar-refractivity contribution in [1.82, 2.24) is 4.98 Å². The highest BCUT2D eigenvalue weighted by atomic mass is 19.1. The molecule has 0 saturated heterocycles. The number of nitrogens with zero attached hydrogens (tertiary/aromatic N) is 1. The van der Waals surface area contributed by atoms with E-state index in [1.807, 2.05) is 25.1 Å². The number of hydrogen-bond acceptors (Lipinski definition) is 3. The van der Waals surface area contributed by atoms with E-state index in [9.17, 15) is 9.18 Å². The van der Waals surface area contributed by atoms with Gasteiger partial charge in [0.2, 0.25) is 5.95 Å². The van der Waals surface area contributed by atoms with Crippen molar-refractivity contribution >= 4 is 22.6 Å². The summed E-state index contributed by atoms with van der Waals surface area (Å²) in [5.41, 5.74) is 2.15. The van der Waals surface area contributed by atoms with Crippen LogP contribution in [0.25, 0.3) is 11.0 Å². The molecule has 1 aromatic carbocycles. The van der Waals surface area contributed by atoms with Crippen LogP contribution in [0.5, 0.6) is 0 Å². The van der Waals surface area contributed by atoms with Crippen molar-refractivity contribution in [3.8, 4) is 0 Å². The average molecular weight is 270 g/mol. The molecule has 2 aromatic heterocycles. The fourth-order valence-corrected chi connectivity index (χ4v) is 1.92. The van der Waals surface area contributed by atoms with Crippen molar-refractivity contribution in [3.63, 3.8) is 0 Å². The van der Waals surface area contributed by atoms with Crippen LogP contribution in [0.1, 0.15) is 16.1 Å². The Morgan fingerprint density at radius 1 is 1.25 bits per heavy atom. The van der Waals surface area contributed by atoms with Crippen LogP contribution >= 0.6 is 0 Å². The Morgan fingerprint density at radius 3 is 2.85 bits per heavy atom. The highest BCUT2D eigenvalue weighted by Crippen LogP contribution is 2.21. The van der Waals surface area contributed by atoms with E-state index in [2.05, 4.69) is 10.3 Å². The zero-order valence-corrected chi connectivity index (χ0v) is 10.7. The number of anilines is 1. The third kappa shape index (κ3) is 2.38. The minimum Gasteiger partial charge on any atom is -0.451 e. The fraction of sp³-hybridized carbons (Fsp3) is 0.0667. The van der Waals surface area contributed by atoms with Gasteiger partial charge in [0, 0.05) is 5.39 Å². The van der Waals surface area contributed by atoms with Gasteiger partial charge in [-0.15, -0.1) is 0 Å². The van der Waals surface area contributed by atoms with Gasteiger partial charge >= 0.3 is 0 Å². The highest BCUT2D eigenvalue weighted by molar-refractivity contribution is 6.04. The van der Waals surface area contributed by atoms with Gasteiger partial charge in [-0.1, -0.05) is 11.6 Å². The summed E-state index contributed by atoms with van der Waals surface area (Å²) in [6, 6.07) is 9.96. The number of rotatable bonds is 2. The SMILES string of the molecule is Cc1ccc2oc(C(=O)Nc3ccc(F)nc3)cc2c1. The molecule has 100 valence electrons. The molecule has 4 nitrogen and oxygen atoms in total. The molecule has 1 amide bonds. The number of carbonyl (C=O) groups excluding carboxylic acids is 1. The molecular formula is C15H11FN2O2. The molecule has 0 aliphatic rings. The van der Waals surface area contributed by atoms with Gasteiger partial charge in [0.15, 0.2) is 5.76 Å². The van der Waals surface area contributed by atoms with Crippen molar-refractivity contribution in [2.75, 3.05) is 5.32 Å². The molecule has 0 spiro atoms. The highest BCUT2D eigenvalue weighted by Gasteiger charge is 2.12. The molecule has 0 aliphatic heterocycles. The van der Waals surface area contributed by atoms with E-state index < -0.39 is 11.9 Å². The molecule has 20 heavy (non-hydrogen) atoms. The molecule has 0 fully saturated rings. The van der Waals surface area contributed by atoms with Gasteiger partial charge in [-0.05, 0) is 37.3 Å². The van der Waals surface area contributed by atoms with Crippen molar-refractivity contribution in [2.45, 2.75) is 6.92 Å². The normalized spacial score (nSPS) is 10.7. The quantitative estimate of drug-likeness (QED) is 0.725. The second-order valence-corrected chi connectivity index (χ2v) is 4.48. The Hall–Kier alpha value is -2.69. The third-order valence-electron chi connectivity index (χ3n) is 2.88. The van der Waals surface area contributed by atoms with Gasteiger partial charge in [0.25, 0.3) is 5.91 Å². The van der Waals surface area contributed by atoms with Crippen LogP contribution < -0.4 is 5.32 Å². The van der Waals surface area contributed by atoms with E-state index in [1.165, 1.54) is 18.3 Å². The Morgan fingerprint density at radius 2 is 2.10 bits per heavy atom. The van der Waals surface area contributed by atoms with Gasteiger partial charge in [-0.2, -0.15) is 4.39 Å². The van der Waals surface area contributed by atoms with E-state index in [0.29, 0.717) is 11.3 Å². The van der Waals surface area contributed by atoms with Crippen molar-refractivity contribution in [1.29, 1.82) is 0 Å². The summed E-state index contributed by atoms with van der Waals surface area (Å²) < 4.78 is 18.2. The lowest BCUT2D eigenvalue weighted by Gasteiger charge is -2.01.